The summed E-state index contributed by atoms with van der Waals surface area (Å²) in [6, 6.07) is 5.10. The van der Waals surface area contributed by atoms with Gasteiger partial charge in [0.2, 0.25) is 0 Å². The van der Waals surface area contributed by atoms with Gasteiger partial charge in [0.05, 0.1) is 30.4 Å². The van der Waals surface area contributed by atoms with Crippen molar-refractivity contribution in [2.75, 3.05) is 13.2 Å². The van der Waals surface area contributed by atoms with Crippen LogP contribution in [0.15, 0.2) is 23.1 Å². The van der Waals surface area contributed by atoms with Crippen LogP contribution in [0.5, 0.6) is 11.5 Å². The maximum absolute atomic E-state index is 12.2. The van der Waals surface area contributed by atoms with Crippen molar-refractivity contribution < 1.29 is 23.6 Å². The summed E-state index contributed by atoms with van der Waals surface area (Å²) in [6.45, 7) is 2.83. The van der Waals surface area contributed by atoms with Crippen LogP contribution < -0.4 is 9.47 Å². The number of hydrogen-bond acceptors (Lipinski definition) is 4. The van der Waals surface area contributed by atoms with E-state index in [0.29, 0.717) is 29.6 Å². The fourth-order valence-corrected chi connectivity index (χ4v) is 3.01. The predicted molar refractivity (Wildman–Crippen MR) is 70.2 cm³/mol. The summed E-state index contributed by atoms with van der Waals surface area (Å²) in [6.07, 6.45) is 0.684. The van der Waals surface area contributed by atoms with E-state index >= 15 is 0 Å². The summed E-state index contributed by atoms with van der Waals surface area (Å²) in [4.78, 5) is 11.2. The van der Waals surface area contributed by atoms with E-state index in [4.69, 9.17) is 14.6 Å². The molecule has 5 nitrogen and oxygen atoms in total. The molecule has 1 N–H and O–H groups in total. The maximum atomic E-state index is 12.2. The lowest BCUT2D eigenvalue weighted by atomic mass is 10.3. The summed E-state index contributed by atoms with van der Waals surface area (Å²) in [5.41, 5.74) is 0. The first-order chi connectivity index (χ1) is 9.08. The lowest BCUT2D eigenvalue weighted by Crippen LogP contribution is -2.15. The fraction of sp³-hybridized carbons (Fsp3) is 0.462. The molecule has 6 heteroatoms. The quantitative estimate of drug-likeness (QED) is 0.913. The minimum atomic E-state index is -1.37. The molecule has 2 unspecified atom stereocenters. The lowest BCUT2D eigenvalue weighted by Gasteiger charge is -2.12. The number of carboxylic acids is 1. The fourth-order valence-electron chi connectivity index (χ4n) is 1.82. The van der Waals surface area contributed by atoms with Crippen LogP contribution in [0, 0.1) is 0 Å². The molecule has 0 aliphatic carbocycles. The first-order valence-electron chi connectivity index (χ1n) is 6.10. The molecule has 1 aliphatic rings. The van der Waals surface area contributed by atoms with Crippen LogP contribution in [0.2, 0.25) is 0 Å². The first kappa shape index (κ1) is 13.9. The number of benzene rings is 1. The lowest BCUT2D eigenvalue weighted by molar-refractivity contribution is -0.136. The monoisotopic (exact) mass is 284 g/mol. The minimum Gasteiger partial charge on any atom is -0.490 e. The molecule has 0 fully saturated rings. The Bertz CT molecular complexity index is 500. The molecular formula is C13H16O5S. The number of ether oxygens (including phenoxy) is 2. The minimum absolute atomic E-state index is 0.124. The molecule has 0 aromatic heterocycles. The van der Waals surface area contributed by atoms with Crippen molar-refractivity contribution >= 4 is 16.8 Å². The molecule has 19 heavy (non-hydrogen) atoms. The van der Waals surface area contributed by atoms with Crippen LogP contribution in [-0.4, -0.2) is 33.7 Å². The van der Waals surface area contributed by atoms with Gasteiger partial charge in [0.15, 0.2) is 11.5 Å². The molecule has 1 aromatic carbocycles. The van der Waals surface area contributed by atoms with Gasteiger partial charge in [0.1, 0.15) is 0 Å². The number of fused-ring (bicyclic) bond motifs is 1. The molecule has 2 rings (SSSR count). The van der Waals surface area contributed by atoms with Gasteiger partial charge in [-0.1, -0.05) is 0 Å². The van der Waals surface area contributed by atoms with Crippen molar-refractivity contribution in [1.82, 2.24) is 0 Å². The summed E-state index contributed by atoms with van der Waals surface area (Å²) >= 11 is 0. The van der Waals surface area contributed by atoms with E-state index < -0.39 is 22.0 Å². The number of aliphatic carboxylic acids is 1. The van der Waals surface area contributed by atoms with E-state index in [1.807, 2.05) is 0 Å². The summed E-state index contributed by atoms with van der Waals surface area (Å²) < 4.78 is 23.2. The van der Waals surface area contributed by atoms with E-state index in [-0.39, 0.29) is 6.42 Å². The Balaban J connectivity index is 2.19. The van der Waals surface area contributed by atoms with Gasteiger partial charge in [-0.15, -0.1) is 0 Å². The van der Waals surface area contributed by atoms with E-state index in [1.54, 1.807) is 25.1 Å². The second-order valence-corrected chi connectivity index (χ2v) is 6.24. The highest BCUT2D eigenvalue weighted by Crippen LogP contribution is 2.32. The smallest absolute Gasteiger partial charge is 0.304 e. The first-order valence-corrected chi connectivity index (χ1v) is 7.31. The Hall–Kier alpha value is -1.56. The second kappa shape index (κ2) is 6.06. The van der Waals surface area contributed by atoms with Crippen molar-refractivity contribution in [1.29, 1.82) is 0 Å². The molecule has 1 aliphatic heterocycles. The zero-order chi connectivity index (χ0) is 13.8. The molecule has 0 radical (unpaired) electrons. The number of carbonyl (C=O) groups is 1. The topological polar surface area (TPSA) is 72.8 Å². The highest BCUT2D eigenvalue weighted by atomic mass is 32.2. The molecule has 1 aromatic rings. The SMILES string of the molecule is CC(CC(=O)O)S(=O)c1ccc2c(c1)OCCCO2. The average Bonchev–Trinajstić information content (AvgIpc) is 2.61. The molecular weight excluding hydrogens is 268 g/mol. The van der Waals surface area contributed by atoms with Crippen LogP contribution in [0.25, 0.3) is 0 Å². The third-order valence-corrected chi connectivity index (χ3v) is 4.39. The van der Waals surface area contributed by atoms with Crippen molar-refractivity contribution in [3.63, 3.8) is 0 Å². The molecule has 1 heterocycles. The molecule has 0 saturated heterocycles. The number of hydrogen-bond donors (Lipinski definition) is 1. The van der Waals surface area contributed by atoms with E-state index in [9.17, 15) is 9.00 Å². The normalized spacial score (nSPS) is 17.3. The van der Waals surface area contributed by atoms with Gasteiger partial charge in [0.25, 0.3) is 0 Å². The maximum Gasteiger partial charge on any atom is 0.304 e. The van der Waals surface area contributed by atoms with Crippen LogP contribution in [0.4, 0.5) is 0 Å². The second-order valence-electron chi connectivity index (χ2n) is 4.36. The highest BCUT2D eigenvalue weighted by molar-refractivity contribution is 7.85. The van der Waals surface area contributed by atoms with Gasteiger partial charge in [-0.25, -0.2) is 0 Å². The van der Waals surface area contributed by atoms with Gasteiger partial charge >= 0.3 is 5.97 Å². The summed E-state index contributed by atoms with van der Waals surface area (Å²) in [5.74, 6) is 0.269. The van der Waals surface area contributed by atoms with Crippen LogP contribution >= 0.6 is 0 Å². The van der Waals surface area contributed by atoms with E-state index in [1.165, 1.54) is 0 Å². The van der Waals surface area contributed by atoms with Crippen LogP contribution in [-0.2, 0) is 15.6 Å². The highest BCUT2D eigenvalue weighted by Gasteiger charge is 2.19. The van der Waals surface area contributed by atoms with Gasteiger partial charge in [0, 0.05) is 22.6 Å². The Morgan fingerprint density at radius 3 is 2.74 bits per heavy atom. The third kappa shape index (κ3) is 3.47. The molecule has 104 valence electrons. The Labute approximate surface area is 114 Å². The van der Waals surface area contributed by atoms with Crippen molar-refractivity contribution in [3.05, 3.63) is 18.2 Å². The van der Waals surface area contributed by atoms with Gasteiger partial charge in [-0.05, 0) is 19.1 Å². The molecule has 0 spiro atoms. The average molecular weight is 284 g/mol. The van der Waals surface area contributed by atoms with E-state index in [0.717, 1.165) is 6.42 Å². The van der Waals surface area contributed by atoms with Crippen molar-refractivity contribution in [3.8, 4) is 11.5 Å². The summed E-state index contributed by atoms with van der Waals surface area (Å²) in [5, 5.41) is 8.29. The third-order valence-electron chi connectivity index (χ3n) is 2.78. The van der Waals surface area contributed by atoms with Gasteiger partial charge in [-0.3, -0.25) is 9.00 Å². The zero-order valence-corrected chi connectivity index (χ0v) is 11.4. The Morgan fingerprint density at radius 1 is 1.37 bits per heavy atom. The van der Waals surface area contributed by atoms with Crippen LogP contribution in [0.3, 0.4) is 0 Å². The predicted octanol–water partition coefficient (Wildman–Crippen LogP) is 1.82. The number of rotatable bonds is 4. The molecule has 0 amide bonds. The van der Waals surface area contributed by atoms with Crippen LogP contribution in [0.1, 0.15) is 19.8 Å². The Morgan fingerprint density at radius 2 is 2.05 bits per heavy atom. The zero-order valence-electron chi connectivity index (χ0n) is 10.6. The molecule has 0 saturated carbocycles. The Kier molecular flexibility index (Phi) is 4.42. The van der Waals surface area contributed by atoms with Gasteiger partial charge in [-0.2, -0.15) is 0 Å². The number of carboxylic acid groups (broad SMARTS) is 1. The largest absolute Gasteiger partial charge is 0.490 e. The standard InChI is InChI=1S/C13H16O5S/c1-9(7-13(14)15)19(16)10-3-4-11-12(8-10)18-6-2-5-17-11/h3-4,8-9H,2,5-7H2,1H3,(H,14,15). The molecule has 2 atom stereocenters. The molecule has 0 bridgehead atoms. The van der Waals surface area contributed by atoms with Gasteiger partial charge < -0.3 is 14.6 Å². The van der Waals surface area contributed by atoms with Crippen molar-refractivity contribution in [2.45, 2.75) is 29.9 Å². The summed E-state index contributed by atoms with van der Waals surface area (Å²) in [7, 11) is -1.37. The van der Waals surface area contributed by atoms with Crippen molar-refractivity contribution in [2.24, 2.45) is 0 Å². The van der Waals surface area contributed by atoms with E-state index in [2.05, 4.69) is 0 Å².